The lowest BCUT2D eigenvalue weighted by Gasteiger charge is -2.24. The Morgan fingerprint density at radius 3 is 2.73 bits per heavy atom. The number of carbonyl (C=O) groups excluding carboxylic acids is 1. The van der Waals surface area contributed by atoms with Crippen LogP contribution in [0.15, 0.2) is 24.3 Å². The van der Waals surface area contributed by atoms with Crippen LogP contribution in [0.5, 0.6) is 0 Å². The van der Waals surface area contributed by atoms with Crippen LogP contribution in [0.25, 0.3) is 0 Å². The fourth-order valence-electron chi connectivity index (χ4n) is 2.14. The number of carboxylic acids is 1. The van der Waals surface area contributed by atoms with Gasteiger partial charge < -0.3 is 14.7 Å². The lowest BCUT2D eigenvalue weighted by molar-refractivity contribution is -0.146. The molecule has 22 heavy (non-hydrogen) atoms. The van der Waals surface area contributed by atoms with Gasteiger partial charge in [0.25, 0.3) is 0 Å². The van der Waals surface area contributed by atoms with Gasteiger partial charge in [-0.2, -0.15) is 0 Å². The first kappa shape index (κ1) is 18.1. The van der Waals surface area contributed by atoms with Crippen LogP contribution in [0.2, 0.25) is 0 Å². The summed E-state index contributed by atoms with van der Waals surface area (Å²) in [5, 5.41) is 8.88. The molecule has 0 saturated carbocycles. The van der Waals surface area contributed by atoms with Crippen molar-refractivity contribution >= 4 is 11.9 Å². The molecule has 1 N–H and O–H groups in total. The average Bonchev–Trinajstić information content (AvgIpc) is 2.48. The zero-order valence-corrected chi connectivity index (χ0v) is 12.9. The molecule has 0 aromatic heterocycles. The number of carboxylic acid groups (broad SMARTS) is 1. The Labute approximate surface area is 129 Å². The summed E-state index contributed by atoms with van der Waals surface area (Å²) in [6.45, 7) is 1.94. The molecule has 0 aliphatic heterocycles. The highest BCUT2D eigenvalue weighted by atomic mass is 19.1. The topological polar surface area (TPSA) is 66.8 Å². The van der Waals surface area contributed by atoms with Gasteiger partial charge in [-0.3, -0.25) is 9.59 Å². The highest BCUT2D eigenvalue weighted by Gasteiger charge is 2.22. The Kier molecular flexibility index (Phi) is 7.52. The van der Waals surface area contributed by atoms with Gasteiger partial charge >= 0.3 is 5.97 Å². The molecule has 0 aliphatic rings. The third-order valence-electron chi connectivity index (χ3n) is 3.38. The van der Waals surface area contributed by atoms with Crippen molar-refractivity contribution in [2.75, 3.05) is 26.8 Å². The van der Waals surface area contributed by atoms with Gasteiger partial charge in [-0.15, -0.1) is 0 Å². The molecule has 1 rings (SSSR count). The third kappa shape index (κ3) is 6.22. The molecule has 0 heterocycles. The molecule has 5 nitrogen and oxygen atoms in total. The lowest BCUT2D eigenvalue weighted by Crippen LogP contribution is -2.41. The maximum absolute atomic E-state index is 13.1. The van der Waals surface area contributed by atoms with Crippen LogP contribution < -0.4 is 0 Å². The molecule has 1 aromatic rings. The Bertz CT molecular complexity index is 507. The van der Waals surface area contributed by atoms with E-state index in [4.69, 9.17) is 9.84 Å². The van der Waals surface area contributed by atoms with Crippen LogP contribution >= 0.6 is 0 Å². The second kappa shape index (κ2) is 9.15. The molecule has 122 valence electrons. The minimum Gasteiger partial charge on any atom is -0.480 e. The number of halogens is 1. The van der Waals surface area contributed by atoms with Gasteiger partial charge in [-0.05, 0) is 30.5 Å². The van der Waals surface area contributed by atoms with E-state index in [2.05, 4.69) is 0 Å². The molecule has 0 spiro atoms. The molecular weight excluding hydrogens is 289 g/mol. The van der Waals surface area contributed by atoms with Gasteiger partial charge in [-0.1, -0.05) is 19.1 Å². The van der Waals surface area contributed by atoms with Crippen molar-refractivity contribution in [2.24, 2.45) is 5.92 Å². The highest BCUT2D eigenvalue weighted by molar-refractivity contribution is 5.82. The number of amides is 1. The van der Waals surface area contributed by atoms with Crippen molar-refractivity contribution in [3.8, 4) is 0 Å². The predicted octanol–water partition coefficient (Wildman–Crippen LogP) is 1.95. The van der Waals surface area contributed by atoms with Crippen LogP contribution in [0.4, 0.5) is 4.39 Å². The molecule has 0 radical (unpaired) electrons. The fraction of sp³-hybridized carbons (Fsp3) is 0.500. The summed E-state index contributed by atoms with van der Waals surface area (Å²) < 4.78 is 18.0. The minimum absolute atomic E-state index is 0.226. The Morgan fingerprint density at radius 1 is 1.41 bits per heavy atom. The van der Waals surface area contributed by atoms with Crippen molar-refractivity contribution in [2.45, 2.75) is 19.8 Å². The van der Waals surface area contributed by atoms with Crippen LogP contribution in [0.3, 0.4) is 0 Å². The molecular formula is C16H22FNO4. The average molecular weight is 311 g/mol. The first-order valence-electron chi connectivity index (χ1n) is 7.18. The number of rotatable bonds is 9. The van der Waals surface area contributed by atoms with E-state index in [-0.39, 0.29) is 37.3 Å². The molecule has 0 bridgehead atoms. The number of benzene rings is 1. The van der Waals surface area contributed by atoms with Crippen molar-refractivity contribution < 1.29 is 23.8 Å². The highest BCUT2D eigenvalue weighted by Crippen LogP contribution is 2.13. The Hall–Kier alpha value is -1.95. The number of hydrogen-bond acceptors (Lipinski definition) is 3. The van der Waals surface area contributed by atoms with E-state index in [0.717, 1.165) is 5.56 Å². The number of methoxy groups -OCH3 is 1. The molecule has 0 fully saturated rings. The zero-order chi connectivity index (χ0) is 16.5. The third-order valence-corrected chi connectivity index (χ3v) is 3.38. The maximum Gasteiger partial charge on any atom is 0.323 e. The first-order valence-corrected chi connectivity index (χ1v) is 7.18. The summed E-state index contributed by atoms with van der Waals surface area (Å²) in [6, 6.07) is 6.25. The molecule has 1 unspecified atom stereocenters. The molecule has 1 atom stereocenters. The summed E-state index contributed by atoms with van der Waals surface area (Å²) in [5.74, 6) is -1.92. The standard InChI is InChI=1S/C16H22FNO4/c1-12(6-7-13-4-3-5-14(17)10-13)16(21)18(8-9-22-2)11-15(19)20/h3-5,10,12H,6-9,11H2,1-2H3,(H,19,20). The van der Waals surface area contributed by atoms with E-state index in [0.29, 0.717) is 12.8 Å². The van der Waals surface area contributed by atoms with E-state index >= 15 is 0 Å². The number of nitrogens with zero attached hydrogens (tertiary/aromatic N) is 1. The second-order valence-electron chi connectivity index (χ2n) is 5.22. The normalized spacial score (nSPS) is 12.0. The SMILES string of the molecule is COCCN(CC(=O)O)C(=O)C(C)CCc1cccc(F)c1. The number of carbonyl (C=O) groups is 2. The molecule has 0 aliphatic carbocycles. The Balaban J connectivity index is 2.58. The van der Waals surface area contributed by atoms with E-state index < -0.39 is 5.97 Å². The quantitative estimate of drug-likeness (QED) is 0.757. The van der Waals surface area contributed by atoms with Gasteiger partial charge in [-0.25, -0.2) is 4.39 Å². The summed E-state index contributed by atoms with van der Waals surface area (Å²) >= 11 is 0. The first-order chi connectivity index (χ1) is 10.4. The van der Waals surface area contributed by atoms with Crippen molar-refractivity contribution in [3.63, 3.8) is 0 Å². The monoisotopic (exact) mass is 311 g/mol. The van der Waals surface area contributed by atoms with Gasteiger partial charge in [0, 0.05) is 19.6 Å². The smallest absolute Gasteiger partial charge is 0.323 e. The summed E-state index contributed by atoms with van der Waals surface area (Å²) in [7, 11) is 1.50. The summed E-state index contributed by atoms with van der Waals surface area (Å²) in [6.07, 6.45) is 1.10. The van der Waals surface area contributed by atoms with Crippen LogP contribution in [0.1, 0.15) is 18.9 Å². The molecule has 6 heteroatoms. The minimum atomic E-state index is -1.05. The molecule has 1 amide bonds. The van der Waals surface area contributed by atoms with Gasteiger partial charge in [0.2, 0.25) is 5.91 Å². The van der Waals surface area contributed by atoms with Crippen LogP contribution in [-0.2, 0) is 20.7 Å². The van der Waals surface area contributed by atoms with Crippen LogP contribution in [0, 0.1) is 11.7 Å². The van der Waals surface area contributed by atoms with Crippen molar-refractivity contribution in [1.82, 2.24) is 4.90 Å². The lowest BCUT2D eigenvalue weighted by atomic mass is 9.99. The van der Waals surface area contributed by atoms with Crippen molar-refractivity contribution in [3.05, 3.63) is 35.6 Å². The molecule has 1 aromatic carbocycles. The summed E-state index contributed by atoms with van der Waals surface area (Å²) in [4.78, 5) is 24.4. The van der Waals surface area contributed by atoms with Crippen molar-refractivity contribution in [1.29, 1.82) is 0 Å². The van der Waals surface area contributed by atoms with E-state index in [1.807, 2.05) is 0 Å². The number of hydrogen-bond donors (Lipinski definition) is 1. The number of aryl methyl sites for hydroxylation is 1. The van der Waals surface area contributed by atoms with Crippen LogP contribution in [-0.4, -0.2) is 48.7 Å². The zero-order valence-electron chi connectivity index (χ0n) is 12.9. The van der Waals surface area contributed by atoms with E-state index in [1.165, 1.54) is 24.1 Å². The fourth-order valence-corrected chi connectivity index (χ4v) is 2.14. The predicted molar refractivity (Wildman–Crippen MR) is 80.0 cm³/mol. The Morgan fingerprint density at radius 2 is 2.14 bits per heavy atom. The number of ether oxygens (including phenoxy) is 1. The summed E-state index contributed by atoms with van der Waals surface area (Å²) in [5.41, 5.74) is 0.821. The maximum atomic E-state index is 13.1. The van der Waals surface area contributed by atoms with Gasteiger partial charge in [0.05, 0.1) is 6.61 Å². The van der Waals surface area contributed by atoms with Gasteiger partial charge in [0.1, 0.15) is 12.4 Å². The van der Waals surface area contributed by atoms with E-state index in [1.54, 1.807) is 19.1 Å². The molecule has 0 saturated heterocycles. The van der Waals surface area contributed by atoms with Gasteiger partial charge in [0.15, 0.2) is 0 Å². The van der Waals surface area contributed by atoms with E-state index in [9.17, 15) is 14.0 Å². The second-order valence-corrected chi connectivity index (χ2v) is 5.22. The number of aliphatic carboxylic acids is 1. The largest absolute Gasteiger partial charge is 0.480 e.